The average molecular weight is 184 g/mol. The second-order valence-corrected chi connectivity index (χ2v) is 2.47. The summed E-state index contributed by atoms with van der Waals surface area (Å²) in [6, 6.07) is 0. The van der Waals surface area contributed by atoms with E-state index in [0.717, 1.165) is 6.42 Å². The SMILES string of the molecule is CCCc1nnc(C(=O)OCC)o1. The number of nitrogens with zero attached hydrogens (tertiary/aromatic N) is 2. The van der Waals surface area contributed by atoms with Crippen LogP contribution in [0.4, 0.5) is 0 Å². The lowest BCUT2D eigenvalue weighted by Crippen LogP contribution is -2.04. The van der Waals surface area contributed by atoms with Gasteiger partial charge < -0.3 is 9.15 Å². The highest BCUT2D eigenvalue weighted by atomic mass is 16.5. The molecule has 72 valence electrons. The highest BCUT2D eigenvalue weighted by Crippen LogP contribution is 2.03. The molecule has 0 unspecified atom stereocenters. The van der Waals surface area contributed by atoms with E-state index in [-0.39, 0.29) is 5.89 Å². The van der Waals surface area contributed by atoms with Crippen molar-refractivity contribution in [3.05, 3.63) is 11.8 Å². The number of hydrogen-bond donors (Lipinski definition) is 0. The van der Waals surface area contributed by atoms with E-state index in [1.807, 2.05) is 6.92 Å². The maximum Gasteiger partial charge on any atom is 0.396 e. The Morgan fingerprint density at radius 3 is 2.85 bits per heavy atom. The lowest BCUT2D eigenvalue weighted by Gasteiger charge is -1.93. The maximum atomic E-state index is 11.0. The number of hydrogen-bond acceptors (Lipinski definition) is 5. The first-order valence-corrected chi connectivity index (χ1v) is 4.27. The summed E-state index contributed by atoms with van der Waals surface area (Å²) in [6.07, 6.45) is 1.59. The normalized spacial score (nSPS) is 10.0. The van der Waals surface area contributed by atoms with Gasteiger partial charge in [0.05, 0.1) is 6.61 Å². The molecule has 0 aliphatic heterocycles. The van der Waals surface area contributed by atoms with Gasteiger partial charge in [-0.05, 0) is 13.3 Å². The fraction of sp³-hybridized carbons (Fsp3) is 0.625. The van der Waals surface area contributed by atoms with Gasteiger partial charge >= 0.3 is 11.9 Å². The second kappa shape index (κ2) is 4.59. The molecule has 0 saturated carbocycles. The van der Waals surface area contributed by atoms with Gasteiger partial charge in [-0.15, -0.1) is 10.2 Å². The van der Waals surface area contributed by atoms with E-state index in [2.05, 4.69) is 14.9 Å². The number of aryl methyl sites for hydroxylation is 1. The quantitative estimate of drug-likeness (QED) is 0.658. The topological polar surface area (TPSA) is 65.2 Å². The van der Waals surface area contributed by atoms with E-state index >= 15 is 0 Å². The molecule has 0 N–H and O–H groups in total. The van der Waals surface area contributed by atoms with E-state index in [1.165, 1.54) is 0 Å². The molecule has 0 aromatic carbocycles. The fourth-order valence-corrected chi connectivity index (χ4v) is 0.844. The minimum absolute atomic E-state index is 0.0645. The molecule has 0 spiro atoms. The summed E-state index contributed by atoms with van der Waals surface area (Å²) in [5.74, 6) is -0.145. The molecule has 5 nitrogen and oxygen atoms in total. The Morgan fingerprint density at radius 1 is 1.46 bits per heavy atom. The number of carbonyl (C=O) groups excluding carboxylic acids is 1. The molecule has 0 bridgehead atoms. The Hall–Kier alpha value is -1.39. The third-order valence-corrected chi connectivity index (χ3v) is 1.38. The van der Waals surface area contributed by atoms with Crippen LogP contribution < -0.4 is 0 Å². The Labute approximate surface area is 76.1 Å². The average Bonchev–Trinajstić information content (AvgIpc) is 2.54. The molecule has 0 radical (unpaired) electrons. The van der Waals surface area contributed by atoms with Crippen molar-refractivity contribution in [1.82, 2.24) is 10.2 Å². The molecule has 1 rings (SSSR count). The fourth-order valence-electron chi connectivity index (χ4n) is 0.844. The molecule has 0 atom stereocenters. The first-order valence-electron chi connectivity index (χ1n) is 4.27. The van der Waals surface area contributed by atoms with Gasteiger partial charge in [-0.1, -0.05) is 6.92 Å². The third kappa shape index (κ3) is 2.54. The van der Waals surface area contributed by atoms with Crippen LogP contribution in [0.1, 0.15) is 36.8 Å². The van der Waals surface area contributed by atoms with Crippen LogP contribution >= 0.6 is 0 Å². The number of carbonyl (C=O) groups is 1. The Balaban J connectivity index is 2.62. The molecular formula is C8H12N2O3. The predicted molar refractivity (Wildman–Crippen MR) is 44.2 cm³/mol. The van der Waals surface area contributed by atoms with Crippen molar-refractivity contribution in [2.75, 3.05) is 6.61 Å². The second-order valence-electron chi connectivity index (χ2n) is 2.47. The van der Waals surface area contributed by atoms with Crippen molar-refractivity contribution < 1.29 is 13.9 Å². The molecule has 0 fully saturated rings. The van der Waals surface area contributed by atoms with Crippen molar-refractivity contribution in [1.29, 1.82) is 0 Å². The highest BCUT2D eigenvalue weighted by Gasteiger charge is 2.14. The molecule has 1 aromatic heterocycles. The summed E-state index contributed by atoms with van der Waals surface area (Å²) in [4.78, 5) is 11.0. The van der Waals surface area contributed by atoms with Crippen LogP contribution in [0.5, 0.6) is 0 Å². The van der Waals surface area contributed by atoms with Crippen molar-refractivity contribution in [2.24, 2.45) is 0 Å². The van der Waals surface area contributed by atoms with Crippen LogP contribution in [-0.2, 0) is 11.2 Å². The van der Waals surface area contributed by atoms with E-state index in [0.29, 0.717) is 18.9 Å². The van der Waals surface area contributed by atoms with Crippen LogP contribution in [0.15, 0.2) is 4.42 Å². The first kappa shape index (κ1) is 9.70. The molecule has 5 heteroatoms. The van der Waals surface area contributed by atoms with Crippen LogP contribution in [0.2, 0.25) is 0 Å². The summed E-state index contributed by atoms with van der Waals surface area (Å²) in [5, 5.41) is 7.25. The molecular weight excluding hydrogens is 172 g/mol. The van der Waals surface area contributed by atoms with Crippen molar-refractivity contribution in [3.63, 3.8) is 0 Å². The van der Waals surface area contributed by atoms with Crippen molar-refractivity contribution in [3.8, 4) is 0 Å². The van der Waals surface area contributed by atoms with Crippen LogP contribution in [-0.4, -0.2) is 22.8 Å². The predicted octanol–water partition coefficient (Wildman–Crippen LogP) is 1.20. The van der Waals surface area contributed by atoms with Crippen LogP contribution in [0.25, 0.3) is 0 Å². The van der Waals surface area contributed by atoms with Gasteiger partial charge in [0.1, 0.15) is 0 Å². The van der Waals surface area contributed by atoms with Gasteiger partial charge in [-0.25, -0.2) is 4.79 Å². The van der Waals surface area contributed by atoms with E-state index in [4.69, 9.17) is 4.42 Å². The number of ether oxygens (including phenoxy) is 1. The zero-order valence-electron chi connectivity index (χ0n) is 7.74. The smallest absolute Gasteiger partial charge is 0.396 e. The molecule has 1 heterocycles. The first-order chi connectivity index (χ1) is 6.27. The van der Waals surface area contributed by atoms with Crippen molar-refractivity contribution >= 4 is 5.97 Å². The van der Waals surface area contributed by atoms with Crippen LogP contribution in [0, 0.1) is 0 Å². The lowest BCUT2D eigenvalue weighted by atomic mass is 10.3. The van der Waals surface area contributed by atoms with Crippen molar-refractivity contribution in [2.45, 2.75) is 26.7 Å². The van der Waals surface area contributed by atoms with E-state index in [9.17, 15) is 4.79 Å². The van der Waals surface area contributed by atoms with Gasteiger partial charge in [0.25, 0.3) is 0 Å². The molecule has 13 heavy (non-hydrogen) atoms. The standard InChI is InChI=1S/C8H12N2O3/c1-3-5-6-9-10-7(13-6)8(11)12-4-2/h3-5H2,1-2H3. The minimum atomic E-state index is -0.558. The third-order valence-electron chi connectivity index (χ3n) is 1.38. The molecule has 0 amide bonds. The Kier molecular flexibility index (Phi) is 3.42. The summed E-state index contributed by atoms with van der Waals surface area (Å²) in [6.45, 7) is 4.03. The van der Waals surface area contributed by atoms with Gasteiger partial charge in [-0.2, -0.15) is 0 Å². The van der Waals surface area contributed by atoms with Gasteiger partial charge in [0.2, 0.25) is 5.89 Å². The molecule has 0 saturated heterocycles. The van der Waals surface area contributed by atoms with E-state index < -0.39 is 5.97 Å². The lowest BCUT2D eigenvalue weighted by molar-refractivity contribution is 0.0478. The maximum absolute atomic E-state index is 11.0. The molecule has 1 aromatic rings. The minimum Gasteiger partial charge on any atom is -0.459 e. The number of esters is 1. The van der Waals surface area contributed by atoms with Gasteiger partial charge in [0.15, 0.2) is 0 Å². The van der Waals surface area contributed by atoms with Crippen LogP contribution in [0.3, 0.4) is 0 Å². The summed E-state index contributed by atoms with van der Waals surface area (Å²) in [7, 11) is 0. The Morgan fingerprint density at radius 2 is 2.23 bits per heavy atom. The molecule has 0 aliphatic carbocycles. The van der Waals surface area contributed by atoms with Gasteiger partial charge in [0, 0.05) is 6.42 Å². The zero-order chi connectivity index (χ0) is 9.68. The highest BCUT2D eigenvalue weighted by molar-refractivity contribution is 5.83. The number of rotatable bonds is 4. The Bertz CT molecular complexity index is 283. The monoisotopic (exact) mass is 184 g/mol. The largest absolute Gasteiger partial charge is 0.459 e. The zero-order valence-corrected chi connectivity index (χ0v) is 7.74. The van der Waals surface area contributed by atoms with Gasteiger partial charge in [-0.3, -0.25) is 0 Å². The van der Waals surface area contributed by atoms with E-state index in [1.54, 1.807) is 6.92 Å². The number of aromatic nitrogens is 2. The summed E-state index contributed by atoms with van der Waals surface area (Å²) >= 11 is 0. The summed E-state index contributed by atoms with van der Waals surface area (Å²) < 4.78 is 9.73. The summed E-state index contributed by atoms with van der Waals surface area (Å²) in [5.41, 5.74) is 0. The molecule has 0 aliphatic rings.